The number of fused-ring (bicyclic) bond motifs is 2. The van der Waals surface area contributed by atoms with Crippen LogP contribution >= 0.6 is 0 Å². The molecule has 1 spiro atoms. The van der Waals surface area contributed by atoms with Crippen molar-refractivity contribution in [3.8, 4) is 0 Å². The second-order valence-corrected chi connectivity index (χ2v) is 7.53. The molecule has 2 aliphatic rings. The molecule has 2 N–H and O–H groups in total. The minimum Gasteiger partial charge on any atom is -0.382 e. The van der Waals surface area contributed by atoms with Gasteiger partial charge in [-0.1, -0.05) is 24.3 Å². The maximum absolute atomic E-state index is 12.8. The number of carbonyl (C=O) groups is 1. The van der Waals surface area contributed by atoms with Gasteiger partial charge in [0.2, 0.25) is 5.91 Å². The molecule has 4 rings (SSSR count). The van der Waals surface area contributed by atoms with Gasteiger partial charge in [0.25, 0.3) is 0 Å². The molecule has 0 unspecified atom stereocenters. The number of hydrogen-bond donors (Lipinski definition) is 2. The van der Waals surface area contributed by atoms with Gasteiger partial charge in [-0.25, -0.2) is 0 Å². The average Bonchev–Trinajstić information content (AvgIpc) is 3.30. The number of hydrogen-bond acceptors (Lipinski definition) is 5. The van der Waals surface area contributed by atoms with E-state index in [0.717, 1.165) is 25.9 Å². The highest BCUT2D eigenvalue weighted by Gasteiger charge is 2.53. The lowest BCUT2D eigenvalue weighted by Gasteiger charge is -2.41. The Morgan fingerprint density at radius 3 is 2.86 bits per heavy atom. The lowest BCUT2D eigenvalue weighted by molar-refractivity contribution is -0.124. The summed E-state index contributed by atoms with van der Waals surface area (Å²) in [5.41, 5.74) is 2.39. The predicted molar refractivity (Wildman–Crippen MR) is 105 cm³/mol. The molecule has 28 heavy (non-hydrogen) atoms. The third-order valence-corrected chi connectivity index (χ3v) is 5.94. The first-order valence-electron chi connectivity index (χ1n) is 9.92. The molecular formula is C21H28N4O3. The number of amides is 1. The van der Waals surface area contributed by atoms with Crippen molar-refractivity contribution in [2.24, 2.45) is 0 Å². The summed E-state index contributed by atoms with van der Waals surface area (Å²) in [6.45, 7) is 3.15. The van der Waals surface area contributed by atoms with E-state index in [1.54, 1.807) is 24.2 Å². The highest BCUT2D eigenvalue weighted by molar-refractivity contribution is 5.76. The van der Waals surface area contributed by atoms with Crippen LogP contribution in [0.2, 0.25) is 0 Å². The highest BCUT2D eigenvalue weighted by Crippen LogP contribution is 2.51. The third-order valence-electron chi connectivity index (χ3n) is 5.94. The SMILES string of the molecule is COCCO[C@H]1[C@H](NC(=O)Cn2cccn2)c2ccccc2C12CCNCC2. The van der Waals surface area contributed by atoms with Gasteiger partial charge in [0.15, 0.2) is 0 Å². The van der Waals surface area contributed by atoms with Crippen LogP contribution in [0.3, 0.4) is 0 Å². The van der Waals surface area contributed by atoms with Crippen LogP contribution in [0.5, 0.6) is 0 Å². The van der Waals surface area contributed by atoms with Crippen LogP contribution in [0.4, 0.5) is 0 Å². The Balaban J connectivity index is 1.62. The van der Waals surface area contributed by atoms with Gasteiger partial charge in [0, 0.05) is 24.9 Å². The van der Waals surface area contributed by atoms with Gasteiger partial charge >= 0.3 is 0 Å². The van der Waals surface area contributed by atoms with E-state index in [4.69, 9.17) is 9.47 Å². The smallest absolute Gasteiger partial charge is 0.242 e. The van der Waals surface area contributed by atoms with Gasteiger partial charge in [-0.05, 0) is 43.1 Å². The number of methoxy groups -OCH3 is 1. The fraction of sp³-hybridized carbons (Fsp3) is 0.524. The number of rotatable bonds is 7. The molecule has 7 heteroatoms. The number of piperidine rings is 1. The van der Waals surface area contributed by atoms with Crippen LogP contribution in [0.15, 0.2) is 42.7 Å². The molecule has 150 valence electrons. The van der Waals surface area contributed by atoms with Crippen LogP contribution in [0.1, 0.15) is 30.0 Å². The van der Waals surface area contributed by atoms with E-state index in [1.165, 1.54) is 11.1 Å². The Hall–Kier alpha value is -2.22. The highest BCUT2D eigenvalue weighted by atomic mass is 16.5. The van der Waals surface area contributed by atoms with Gasteiger partial charge in [0.05, 0.1) is 25.4 Å². The topological polar surface area (TPSA) is 77.4 Å². The molecule has 0 radical (unpaired) electrons. The lowest BCUT2D eigenvalue weighted by atomic mass is 9.72. The van der Waals surface area contributed by atoms with Crippen molar-refractivity contribution in [3.05, 3.63) is 53.9 Å². The molecule has 2 atom stereocenters. The Morgan fingerprint density at radius 1 is 1.29 bits per heavy atom. The Bertz CT molecular complexity index is 787. The summed E-state index contributed by atoms with van der Waals surface area (Å²) in [4.78, 5) is 12.8. The molecule has 1 aliphatic heterocycles. The fourth-order valence-electron chi connectivity index (χ4n) is 4.71. The standard InChI is InChI=1S/C21H28N4O3/c1-27-13-14-28-20-19(24-18(26)15-25-12-4-9-23-25)16-5-2-3-6-17(16)21(20)7-10-22-11-8-21/h2-6,9,12,19-20,22H,7-8,10-11,13-15H2,1H3,(H,24,26)/t19-,20+/m1/s1. The van der Waals surface area contributed by atoms with Crippen LogP contribution in [-0.2, 0) is 26.2 Å². The van der Waals surface area contributed by atoms with Gasteiger partial charge in [-0.15, -0.1) is 0 Å². The predicted octanol–water partition coefficient (Wildman–Crippen LogP) is 1.41. The zero-order valence-electron chi connectivity index (χ0n) is 16.3. The maximum Gasteiger partial charge on any atom is 0.242 e. The van der Waals surface area contributed by atoms with Crippen molar-refractivity contribution in [1.29, 1.82) is 0 Å². The monoisotopic (exact) mass is 384 g/mol. The number of nitrogens with zero attached hydrogens (tertiary/aromatic N) is 2. The molecule has 1 amide bonds. The Kier molecular flexibility index (Phi) is 5.75. The second kappa shape index (κ2) is 8.43. The number of ether oxygens (including phenoxy) is 2. The zero-order valence-corrected chi connectivity index (χ0v) is 16.3. The molecule has 1 aromatic carbocycles. The minimum atomic E-state index is -0.172. The summed E-state index contributed by atoms with van der Waals surface area (Å²) >= 11 is 0. The zero-order chi connectivity index (χ0) is 19.4. The van der Waals surface area contributed by atoms with E-state index in [2.05, 4.69) is 33.9 Å². The first-order valence-corrected chi connectivity index (χ1v) is 9.92. The molecule has 7 nitrogen and oxygen atoms in total. The van der Waals surface area contributed by atoms with Crippen LogP contribution in [0.25, 0.3) is 0 Å². The number of nitrogens with one attached hydrogen (secondary N) is 2. The van der Waals surface area contributed by atoms with E-state index in [-0.39, 0.29) is 30.0 Å². The van der Waals surface area contributed by atoms with Crippen molar-refractivity contribution >= 4 is 5.91 Å². The fourth-order valence-corrected chi connectivity index (χ4v) is 4.71. The average molecular weight is 384 g/mol. The van der Waals surface area contributed by atoms with E-state index in [0.29, 0.717) is 13.2 Å². The van der Waals surface area contributed by atoms with Crippen molar-refractivity contribution < 1.29 is 14.3 Å². The van der Waals surface area contributed by atoms with Crippen LogP contribution < -0.4 is 10.6 Å². The molecule has 1 saturated heterocycles. The molecular weight excluding hydrogens is 356 g/mol. The van der Waals surface area contributed by atoms with Crippen LogP contribution in [0, 0.1) is 0 Å². The van der Waals surface area contributed by atoms with Crippen LogP contribution in [-0.4, -0.2) is 55.2 Å². The summed E-state index contributed by atoms with van der Waals surface area (Å²) in [6.07, 6.45) is 5.35. The molecule has 1 aliphatic carbocycles. The van der Waals surface area contributed by atoms with Gasteiger partial charge in [0.1, 0.15) is 6.54 Å². The summed E-state index contributed by atoms with van der Waals surface area (Å²) in [5, 5.41) is 10.8. The quantitative estimate of drug-likeness (QED) is 0.706. The molecule has 1 fully saturated rings. The third kappa shape index (κ3) is 3.57. The van der Waals surface area contributed by atoms with Crippen molar-refractivity contribution in [1.82, 2.24) is 20.4 Å². The van der Waals surface area contributed by atoms with Crippen molar-refractivity contribution in [2.45, 2.75) is 36.9 Å². The van der Waals surface area contributed by atoms with E-state index >= 15 is 0 Å². The maximum atomic E-state index is 12.8. The number of carbonyl (C=O) groups excluding carboxylic acids is 1. The summed E-state index contributed by atoms with van der Waals surface area (Å²) < 4.78 is 13.2. The molecule has 2 aromatic rings. The first kappa shape index (κ1) is 19.1. The second-order valence-electron chi connectivity index (χ2n) is 7.53. The summed E-state index contributed by atoms with van der Waals surface area (Å²) in [6, 6.07) is 10.1. The summed E-state index contributed by atoms with van der Waals surface area (Å²) in [5.74, 6) is -0.0603. The van der Waals surface area contributed by atoms with E-state index in [9.17, 15) is 4.79 Å². The van der Waals surface area contributed by atoms with Crippen molar-refractivity contribution in [2.75, 3.05) is 33.4 Å². The largest absolute Gasteiger partial charge is 0.382 e. The van der Waals surface area contributed by atoms with Gasteiger partial charge in [-0.2, -0.15) is 5.10 Å². The Morgan fingerprint density at radius 2 is 2.11 bits per heavy atom. The van der Waals surface area contributed by atoms with E-state index in [1.807, 2.05) is 12.1 Å². The minimum absolute atomic E-state index is 0.0603. The van der Waals surface area contributed by atoms with Crippen molar-refractivity contribution in [3.63, 3.8) is 0 Å². The molecule has 0 saturated carbocycles. The summed E-state index contributed by atoms with van der Waals surface area (Å²) in [7, 11) is 1.68. The molecule has 0 bridgehead atoms. The molecule has 1 aromatic heterocycles. The van der Waals surface area contributed by atoms with Gasteiger partial charge < -0.3 is 20.1 Å². The van der Waals surface area contributed by atoms with Gasteiger partial charge in [-0.3, -0.25) is 9.48 Å². The molecule has 2 heterocycles. The van der Waals surface area contributed by atoms with E-state index < -0.39 is 0 Å². The first-order chi connectivity index (χ1) is 13.7. The Labute approximate surface area is 165 Å². The normalized spacial score (nSPS) is 22.9. The number of benzene rings is 1. The lowest BCUT2D eigenvalue weighted by Crippen LogP contribution is -2.50. The number of aromatic nitrogens is 2.